The molecular weight excluding hydrogens is 353 g/mol. The molecule has 0 unspecified atom stereocenters. The molecule has 0 spiro atoms. The van der Waals surface area contributed by atoms with Crippen molar-refractivity contribution < 1.29 is 28.2 Å². The van der Waals surface area contributed by atoms with Crippen molar-refractivity contribution in [2.75, 3.05) is 27.4 Å². The first kappa shape index (κ1) is 20.2. The van der Waals surface area contributed by atoms with Gasteiger partial charge in [-0.2, -0.15) is 0 Å². The van der Waals surface area contributed by atoms with Crippen LogP contribution in [-0.4, -0.2) is 39.2 Å². The molecule has 1 amide bonds. The van der Waals surface area contributed by atoms with Crippen LogP contribution in [0.5, 0.6) is 11.5 Å². The Kier molecular flexibility index (Phi) is 7.61. The number of nitrogens with one attached hydrogen (secondary N) is 1. The molecule has 144 valence electrons. The predicted molar refractivity (Wildman–Crippen MR) is 97.3 cm³/mol. The van der Waals surface area contributed by atoms with E-state index in [1.54, 1.807) is 26.4 Å². The van der Waals surface area contributed by atoms with Gasteiger partial charge >= 0.3 is 5.97 Å². The zero-order valence-corrected chi connectivity index (χ0v) is 15.3. The average molecular weight is 375 g/mol. The van der Waals surface area contributed by atoms with E-state index in [4.69, 9.17) is 14.2 Å². The summed E-state index contributed by atoms with van der Waals surface area (Å²) in [5.41, 5.74) is 1.46. The molecule has 0 heterocycles. The van der Waals surface area contributed by atoms with Crippen molar-refractivity contribution in [3.05, 3.63) is 59.4 Å². The number of benzene rings is 2. The van der Waals surface area contributed by atoms with Gasteiger partial charge in [0.05, 0.1) is 20.6 Å². The van der Waals surface area contributed by atoms with Crippen LogP contribution in [0.3, 0.4) is 0 Å². The van der Waals surface area contributed by atoms with Crippen LogP contribution in [0, 0.1) is 5.82 Å². The van der Waals surface area contributed by atoms with E-state index in [9.17, 15) is 14.0 Å². The number of hydrogen-bond donors (Lipinski definition) is 1. The summed E-state index contributed by atoms with van der Waals surface area (Å²) in [7, 11) is 3.12. The number of carbonyl (C=O) groups is 2. The third-order valence-electron chi connectivity index (χ3n) is 3.79. The molecule has 2 aromatic rings. The fraction of sp³-hybridized carbons (Fsp3) is 0.300. The molecule has 0 aliphatic heterocycles. The molecule has 0 aliphatic carbocycles. The van der Waals surface area contributed by atoms with Gasteiger partial charge in [-0.3, -0.25) is 9.59 Å². The van der Waals surface area contributed by atoms with E-state index in [-0.39, 0.29) is 13.0 Å². The molecule has 2 aromatic carbocycles. The van der Waals surface area contributed by atoms with Gasteiger partial charge in [-0.05, 0) is 41.8 Å². The third-order valence-corrected chi connectivity index (χ3v) is 3.79. The monoisotopic (exact) mass is 375 g/mol. The van der Waals surface area contributed by atoms with Crippen LogP contribution in [0.1, 0.15) is 11.1 Å². The average Bonchev–Trinajstić information content (AvgIpc) is 2.66. The molecule has 27 heavy (non-hydrogen) atoms. The van der Waals surface area contributed by atoms with Crippen LogP contribution in [0.25, 0.3) is 0 Å². The number of methoxy groups -OCH3 is 2. The minimum Gasteiger partial charge on any atom is -0.493 e. The smallest absolute Gasteiger partial charge is 0.310 e. The summed E-state index contributed by atoms with van der Waals surface area (Å²) in [6.45, 7) is 0.00977. The summed E-state index contributed by atoms with van der Waals surface area (Å²) in [6, 6.07) is 11.2. The predicted octanol–water partition coefficient (Wildman–Crippen LogP) is 2.29. The van der Waals surface area contributed by atoms with E-state index in [1.165, 1.54) is 18.2 Å². The fourth-order valence-corrected chi connectivity index (χ4v) is 2.44. The second-order valence-corrected chi connectivity index (χ2v) is 5.76. The molecule has 2 rings (SSSR count). The number of esters is 1. The van der Waals surface area contributed by atoms with Gasteiger partial charge < -0.3 is 19.5 Å². The zero-order chi connectivity index (χ0) is 19.6. The van der Waals surface area contributed by atoms with Gasteiger partial charge in [-0.15, -0.1) is 0 Å². The Morgan fingerprint density at radius 3 is 2.48 bits per heavy atom. The van der Waals surface area contributed by atoms with Crippen LogP contribution < -0.4 is 14.8 Å². The highest BCUT2D eigenvalue weighted by Gasteiger charge is 2.09. The van der Waals surface area contributed by atoms with Crippen LogP contribution in [0.2, 0.25) is 0 Å². The van der Waals surface area contributed by atoms with Crippen LogP contribution >= 0.6 is 0 Å². The van der Waals surface area contributed by atoms with Gasteiger partial charge in [0.1, 0.15) is 5.82 Å². The first-order chi connectivity index (χ1) is 13.0. The summed E-state index contributed by atoms with van der Waals surface area (Å²) in [5, 5.41) is 2.68. The summed E-state index contributed by atoms with van der Waals surface area (Å²) in [5.74, 6) is -0.157. The van der Waals surface area contributed by atoms with Crippen LogP contribution in [0.15, 0.2) is 42.5 Å². The van der Waals surface area contributed by atoms with Gasteiger partial charge in [0.2, 0.25) is 0 Å². The molecule has 0 radical (unpaired) electrons. The van der Waals surface area contributed by atoms with Gasteiger partial charge in [0, 0.05) is 6.54 Å². The van der Waals surface area contributed by atoms with Crippen molar-refractivity contribution in [2.45, 2.75) is 12.8 Å². The Hall–Kier alpha value is -3.09. The van der Waals surface area contributed by atoms with Crippen molar-refractivity contribution in [3.63, 3.8) is 0 Å². The van der Waals surface area contributed by atoms with E-state index in [0.717, 1.165) is 5.56 Å². The number of amides is 1. The maximum absolute atomic E-state index is 13.1. The topological polar surface area (TPSA) is 73.9 Å². The normalized spacial score (nSPS) is 10.2. The number of halogens is 1. The molecular formula is C20H22FNO5. The molecule has 0 fully saturated rings. The SMILES string of the molecule is COc1ccc(CCNC(=O)COC(=O)Cc2cccc(F)c2)cc1OC. The Balaban J connectivity index is 1.71. The van der Waals surface area contributed by atoms with Crippen molar-refractivity contribution in [1.82, 2.24) is 5.32 Å². The summed E-state index contributed by atoms with van der Waals surface area (Å²) < 4.78 is 28.4. The third kappa shape index (κ3) is 6.62. The van der Waals surface area contributed by atoms with Crippen molar-refractivity contribution >= 4 is 11.9 Å². The highest BCUT2D eigenvalue weighted by Crippen LogP contribution is 2.27. The Labute approximate surface area is 157 Å². The second kappa shape index (κ2) is 10.2. The molecule has 0 atom stereocenters. The van der Waals surface area contributed by atoms with E-state index in [0.29, 0.717) is 30.0 Å². The fourth-order valence-electron chi connectivity index (χ4n) is 2.44. The van der Waals surface area contributed by atoms with E-state index in [2.05, 4.69) is 5.32 Å². The number of hydrogen-bond acceptors (Lipinski definition) is 5. The summed E-state index contributed by atoms with van der Waals surface area (Å²) in [4.78, 5) is 23.5. The van der Waals surface area contributed by atoms with Crippen molar-refractivity contribution in [1.29, 1.82) is 0 Å². The number of carbonyl (C=O) groups excluding carboxylic acids is 2. The maximum Gasteiger partial charge on any atom is 0.310 e. The van der Waals surface area contributed by atoms with Crippen LogP contribution in [0.4, 0.5) is 4.39 Å². The zero-order valence-electron chi connectivity index (χ0n) is 15.3. The quantitative estimate of drug-likeness (QED) is 0.681. The van der Waals surface area contributed by atoms with E-state index >= 15 is 0 Å². The second-order valence-electron chi connectivity index (χ2n) is 5.76. The highest BCUT2D eigenvalue weighted by atomic mass is 19.1. The number of ether oxygens (including phenoxy) is 3. The van der Waals surface area contributed by atoms with E-state index in [1.807, 2.05) is 12.1 Å². The molecule has 0 aromatic heterocycles. The van der Waals surface area contributed by atoms with Crippen molar-refractivity contribution in [3.8, 4) is 11.5 Å². The van der Waals surface area contributed by atoms with Gasteiger partial charge in [-0.25, -0.2) is 4.39 Å². The molecule has 6 nitrogen and oxygen atoms in total. The van der Waals surface area contributed by atoms with Crippen LogP contribution in [-0.2, 0) is 27.2 Å². The first-order valence-corrected chi connectivity index (χ1v) is 8.39. The largest absolute Gasteiger partial charge is 0.493 e. The Morgan fingerprint density at radius 2 is 1.78 bits per heavy atom. The molecule has 1 N–H and O–H groups in total. The molecule has 0 saturated heterocycles. The lowest BCUT2D eigenvalue weighted by Crippen LogP contribution is -2.30. The Bertz CT molecular complexity index is 794. The lowest BCUT2D eigenvalue weighted by Gasteiger charge is -2.10. The highest BCUT2D eigenvalue weighted by molar-refractivity contribution is 5.81. The molecule has 0 saturated carbocycles. The molecule has 7 heteroatoms. The lowest BCUT2D eigenvalue weighted by atomic mass is 10.1. The maximum atomic E-state index is 13.1. The Morgan fingerprint density at radius 1 is 1.00 bits per heavy atom. The minimum absolute atomic E-state index is 0.0866. The van der Waals surface area contributed by atoms with E-state index < -0.39 is 17.7 Å². The minimum atomic E-state index is -0.587. The molecule has 0 aliphatic rings. The molecule has 0 bridgehead atoms. The van der Waals surface area contributed by atoms with Gasteiger partial charge in [0.25, 0.3) is 5.91 Å². The lowest BCUT2D eigenvalue weighted by molar-refractivity contribution is -0.147. The summed E-state index contributed by atoms with van der Waals surface area (Å²) in [6.07, 6.45) is 0.500. The first-order valence-electron chi connectivity index (χ1n) is 8.39. The number of rotatable bonds is 9. The van der Waals surface area contributed by atoms with Crippen molar-refractivity contribution in [2.24, 2.45) is 0 Å². The van der Waals surface area contributed by atoms with Gasteiger partial charge in [-0.1, -0.05) is 18.2 Å². The standard InChI is InChI=1S/C20H22FNO5/c1-25-17-7-6-14(11-18(17)26-2)8-9-22-19(23)13-27-20(24)12-15-4-3-5-16(21)10-15/h3-7,10-11H,8-9,12-13H2,1-2H3,(H,22,23). The summed E-state index contributed by atoms with van der Waals surface area (Å²) >= 11 is 0. The van der Waals surface area contributed by atoms with Gasteiger partial charge in [0.15, 0.2) is 18.1 Å².